The van der Waals surface area contributed by atoms with Gasteiger partial charge in [0.2, 0.25) is 5.91 Å². The number of ketones is 1. The highest BCUT2D eigenvalue weighted by Gasteiger charge is 2.55. The van der Waals surface area contributed by atoms with Crippen LogP contribution in [0.5, 0.6) is 5.75 Å². The number of methoxy groups -OCH3 is 1. The van der Waals surface area contributed by atoms with Crippen molar-refractivity contribution in [3.63, 3.8) is 0 Å². The first-order chi connectivity index (χ1) is 14.2. The molecule has 0 spiro atoms. The molecule has 1 saturated heterocycles. The Labute approximate surface area is 180 Å². The fourth-order valence-electron chi connectivity index (χ4n) is 2.96. The summed E-state index contributed by atoms with van der Waals surface area (Å²) in [6.45, 7) is 8.81. The average Bonchev–Trinajstić information content (AvgIpc) is 2.82. The maximum Gasteiger partial charge on any atom is 0.418 e. The molecule has 1 aromatic rings. The van der Waals surface area contributed by atoms with E-state index in [-0.39, 0.29) is 17.3 Å². The van der Waals surface area contributed by atoms with Crippen molar-refractivity contribution in [2.24, 2.45) is 5.41 Å². The van der Waals surface area contributed by atoms with Crippen LogP contribution in [0.1, 0.15) is 41.5 Å². The lowest BCUT2D eigenvalue weighted by atomic mass is 9.85. The van der Waals surface area contributed by atoms with E-state index in [1.807, 2.05) is 0 Å². The molecule has 31 heavy (non-hydrogen) atoms. The molecule has 1 unspecified atom stereocenters. The molecule has 0 bridgehead atoms. The summed E-state index contributed by atoms with van der Waals surface area (Å²) in [5.41, 5.74) is -2.03. The topological polar surface area (TPSA) is 131 Å². The van der Waals surface area contributed by atoms with Gasteiger partial charge in [-0.25, -0.2) is 9.69 Å². The van der Waals surface area contributed by atoms with Gasteiger partial charge < -0.3 is 20.1 Å². The average molecular weight is 433 g/mol. The van der Waals surface area contributed by atoms with Crippen LogP contribution >= 0.6 is 0 Å². The van der Waals surface area contributed by atoms with Crippen molar-refractivity contribution in [1.29, 1.82) is 0 Å². The van der Waals surface area contributed by atoms with Gasteiger partial charge in [-0.1, -0.05) is 20.8 Å². The van der Waals surface area contributed by atoms with Gasteiger partial charge in [0.1, 0.15) is 5.75 Å². The van der Waals surface area contributed by atoms with Crippen molar-refractivity contribution < 1.29 is 33.4 Å². The summed E-state index contributed by atoms with van der Waals surface area (Å²) in [5.74, 6) is -2.43. The molecule has 0 radical (unpaired) electrons. The van der Waals surface area contributed by atoms with Gasteiger partial charge in [-0.05, 0) is 32.0 Å². The SMILES string of the molecule is COc1ccc(NC(C)=O)cc1NC(=O)C(C(=O)C(C)(C)C)N1C(=O)OC(C)(C)C1=O. The number of carbonyl (C=O) groups excluding carboxylic acids is 5. The number of cyclic esters (lactones) is 1. The fourth-order valence-corrected chi connectivity index (χ4v) is 2.96. The molecule has 10 nitrogen and oxygen atoms in total. The van der Waals surface area contributed by atoms with Gasteiger partial charge in [0, 0.05) is 18.0 Å². The standard InChI is InChI=1S/C21H27N3O7/c1-11(25)22-12-8-9-14(30-7)13(10-12)23-17(27)15(16(26)20(2,3)4)24-18(28)21(5,6)31-19(24)29/h8-10,15H,1-7H3,(H,22,25)(H,23,27). The highest BCUT2D eigenvalue weighted by atomic mass is 16.6. The number of hydrogen-bond acceptors (Lipinski definition) is 7. The molecular formula is C21H27N3O7. The molecule has 0 aliphatic carbocycles. The Hall–Kier alpha value is -3.43. The Kier molecular flexibility index (Phi) is 6.43. The number of anilines is 2. The van der Waals surface area contributed by atoms with E-state index < -0.39 is 40.7 Å². The summed E-state index contributed by atoms with van der Waals surface area (Å²) in [6.07, 6.45) is -1.08. The molecule has 10 heteroatoms. The molecule has 168 valence electrons. The molecule has 2 N–H and O–H groups in total. The molecule has 1 heterocycles. The maximum atomic E-state index is 13.2. The van der Waals surface area contributed by atoms with Gasteiger partial charge >= 0.3 is 6.09 Å². The number of rotatable bonds is 6. The lowest BCUT2D eigenvalue weighted by Crippen LogP contribution is -2.55. The minimum absolute atomic E-state index is 0.143. The largest absolute Gasteiger partial charge is 0.495 e. The first-order valence-electron chi connectivity index (χ1n) is 9.56. The Morgan fingerprint density at radius 1 is 1.13 bits per heavy atom. The third-order valence-electron chi connectivity index (χ3n) is 4.54. The lowest BCUT2D eigenvalue weighted by molar-refractivity contribution is -0.145. The molecule has 1 aromatic carbocycles. The Balaban J connectivity index is 2.48. The van der Waals surface area contributed by atoms with Gasteiger partial charge in [0.15, 0.2) is 17.4 Å². The number of amides is 4. The summed E-state index contributed by atoms with van der Waals surface area (Å²) in [6, 6.07) is 2.76. The second-order valence-electron chi connectivity index (χ2n) is 8.66. The number of hydrogen-bond donors (Lipinski definition) is 2. The van der Waals surface area contributed by atoms with Crippen LogP contribution in [0.4, 0.5) is 16.2 Å². The zero-order valence-corrected chi connectivity index (χ0v) is 18.6. The van der Waals surface area contributed by atoms with E-state index in [1.54, 1.807) is 26.8 Å². The van der Waals surface area contributed by atoms with Crippen LogP contribution in [0.2, 0.25) is 0 Å². The maximum absolute atomic E-state index is 13.2. The summed E-state index contributed by atoms with van der Waals surface area (Å²) in [4.78, 5) is 63.4. The second-order valence-corrected chi connectivity index (χ2v) is 8.66. The van der Waals surface area contributed by atoms with Gasteiger partial charge in [-0.3, -0.25) is 19.2 Å². The Bertz CT molecular complexity index is 947. The summed E-state index contributed by atoms with van der Waals surface area (Å²) in [7, 11) is 1.38. The smallest absolute Gasteiger partial charge is 0.418 e. The number of Topliss-reactive ketones (excluding diaryl/α,β-unsaturated/α-hetero) is 1. The van der Waals surface area contributed by atoms with Gasteiger partial charge in [0.25, 0.3) is 11.8 Å². The van der Waals surface area contributed by atoms with E-state index in [0.29, 0.717) is 10.6 Å². The molecule has 1 atom stereocenters. The summed E-state index contributed by atoms with van der Waals surface area (Å²) < 4.78 is 10.3. The van der Waals surface area contributed by atoms with Crippen molar-refractivity contribution in [3.8, 4) is 5.75 Å². The van der Waals surface area contributed by atoms with E-state index >= 15 is 0 Å². The molecular weight excluding hydrogens is 406 g/mol. The number of carbonyl (C=O) groups is 5. The van der Waals surface area contributed by atoms with Crippen LogP contribution in [-0.2, 0) is 23.9 Å². The molecule has 1 fully saturated rings. The number of nitrogens with one attached hydrogen (secondary N) is 2. The van der Waals surface area contributed by atoms with Crippen LogP contribution in [-0.4, -0.2) is 53.3 Å². The number of ether oxygens (including phenoxy) is 2. The Morgan fingerprint density at radius 3 is 2.19 bits per heavy atom. The van der Waals surface area contributed by atoms with Crippen LogP contribution in [0.25, 0.3) is 0 Å². The highest BCUT2D eigenvalue weighted by Crippen LogP contribution is 2.32. The summed E-state index contributed by atoms with van der Waals surface area (Å²) >= 11 is 0. The monoisotopic (exact) mass is 433 g/mol. The number of benzene rings is 1. The van der Waals surface area contributed by atoms with Crippen LogP contribution in [0, 0.1) is 5.41 Å². The third kappa shape index (κ3) is 5.01. The van der Waals surface area contributed by atoms with Crippen LogP contribution in [0.15, 0.2) is 18.2 Å². The van der Waals surface area contributed by atoms with Crippen molar-refractivity contribution in [2.75, 3.05) is 17.7 Å². The predicted octanol–water partition coefficient (Wildman–Crippen LogP) is 2.33. The minimum Gasteiger partial charge on any atom is -0.495 e. The first kappa shape index (κ1) is 23.8. The third-order valence-corrected chi connectivity index (χ3v) is 4.54. The minimum atomic E-state index is -1.75. The molecule has 4 amide bonds. The Morgan fingerprint density at radius 2 is 1.74 bits per heavy atom. The zero-order valence-electron chi connectivity index (χ0n) is 18.6. The van der Waals surface area contributed by atoms with Crippen molar-refractivity contribution in [3.05, 3.63) is 18.2 Å². The van der Waals surface area contributed by atoms with Crippen LogP contribution < -0.4 is 15.4 Å². The normalized spacial score (nSPS) is 16.4. The molecule has 1 aliphatic rings. The molecule has 2 rings (SSSR count). The lowest BCUT2D eigenvalue weighted by Gasteiger charge is -2.28. The van der Waals surface area contributed by atoms with E-state index in [9.17, 15) is 24.0 Å². The van der Waals surface area contributed by atoms with Crippen molar-refractivity contribution in [2.45, 2.75) is 53.2 Å². The van der Waals surface area contributed by atoms with Crippen molar-refractivity contribution >= 4 is 41.0 Å². The number of imide groups is 1. The van der Waals surface area contributed by atoms with E-state index in [0.717, 1.165) is 0 Å². The summed E-state index contributed by atoms with van der Waals surface area (Å²) in [5, 5.41) is 5.11. The van der Waals surface area contributed by atoms with Crippen molar-refractivity contribution in [1.82, 2.24) is 4.90 Å². The predicted molar refractivity (Wildman–Crippen MR) is 112 cm³/mol. The quantitative estimate of drug-likeness (QED) is 0.658. The van der Waals surface area contributed by atoms with Gasteiger partial charge in [-0.15, -0.1) is 0 Å². The molecule has 1 aliphatic heterocycles. The number of nitrogens with zero attached hydrogens (tertiary/aromatic N) is 1. The van der Waals surface area contributed by atoms with Crippen LogP contribution in [0.3, 0.4) is 0 Å². The fraction of sp³-hybridized carbons (Fsp3) is 0.476. The zero-order chi connectivity index (χ0) is 23.7. The highest BCUT2D eigenvalue weighted by molar-refractivity contribution is 6.19. The van der Waals surface area contributed by atoms with Gasteiger partial charge in [-0.2, -0.15) is 0 Å². The van der Waals surface area contributed by atoms with E-state index in [4.69, 9.17) is 9.47 Å². The first-order valence-corrected chi connectivity index (χ1v) is 9.56. The molecule has 0 saturated carbocycles. The molecule has 0 aromatic heterocycles. The van der Waals surface area contributed by atoms with Gasteiger partial charge in [0.05, 0.1) is 12.8 Å². The van der Waals surface area contributed by atoms with E-state index in [2.05, 4.69) is 10.6 Å². The van der Waals surface area contributed by atoms with E-state index in [1.165, 1.54) is 40.0 Å². The second kappa shape index (κ2) is 8.37.